The normalized spacial score (nSPS) is 10.0. The van der Waals surface area contributed by atoms with E-state index in [0.29, 0.717) is 10.9 Å². The van der Waals surface area contributed by atoms with Gasteiger partial charge in [-0.15, -0.1) is 0 Å². The summed E-state index contributed by atoms with van der Waals surface area (Å²) in [6.07, 6.45) is 0. The lowest BCUT2D eigenvalue weighted by Gasteiger charge is -1.99. The van der Waals surface area contributed by atoms with Gasteiger partial charge in [0.1, 0.15) is 5.82 Å². The molecule has 1 aromatic carbocycles. The Hall–Kier alpha value is -2.15. The van der Waals surface area contributed by atoms with Gasteiger partial charge in [0, 0.05) is 11.5 Å². The zero-order chi connectivity index (χ0) is 10.1. The van der Waals surface area contributed by atoms with Gasteiger partial charge in [-0.1, -0.05) is 0 Å². The molecule has 0 spiro atoms. The van der Waals surface area contributed by atoms with Crippen LogP contribution in [0, 0.1) is 17.1 Å². The molecule has 14 heavy (non-hydrogen) atoms. The van der Waals surface area contributed by atoms with E-state index >= 15 is 0 Å². The molecule has 68 valence electrons. The molecular formula is C10H5FN2O. The van der Waals surface area contributed by atoms with Crippen molar-refractivity contribution in [3.8, 4) is 6.07 Å². The van der Waals surface area contributed by atoms with E-state index in [2.05, 4.69) is 4.98 Å². The lowest BCUT2D eigenvalue weighted by atomic mass is 10.1. The summed E-state index contributed by atoms with van der Waals surface area (Å²) in [5, 5.41) is 9.27. The third-order valence-corrected chi connectivity index (χ3v) is 1.92. The summed E-state index contributed by atoms with van der Waals surface area (Å²) < 4.78 is 12.9. The average molecular weight is 188 g/mol. The molecule has 0 atom stereocenters. The molecule has 0 saturated carbocycles. The van der Waals surface area contributed by atoms with Crippen LogP contribution in [-0.4, -0.2) is 4.98 Å². The number of nitriles is 1. The van der Waals surface area contributed by atoms with Crippen LogP contribution in [0.4, 0.5) is 4.39 Å². The molecule has 0 radical (unpaired) electrons. The van der Waals surface area contributed by atoms with Crippen molar-refractivity contribution in [3.05, 3.63) is 46.0 Å². The lowest BCUT2D eigenvalue weighted by Crippen LogP contribution is -2.03. The number of aromatic amines is 1. The van der Waals surface area contributed by atoms with Gasteiger partial charge in [0.05, 0.1) is 17.1 Å². The molecule has 2 aromatic rings. The SMILES string of the molecule is N#Cc1cc(F)cc2[nH]c(=O)ccc12. The average Bonchev–Trinajstić information content (AvgIpc) is 2.15. The largest absolute Gasteiger partial charge is 0.322 e. The van der Waals surface area contributed by atoms with E-state index in [0.717, 1.165) is 6.07 Å². The number of rotatable bonds is 0. The zero-order valence-electron chi connectivity index (χ0n) is 7.04. The van der Waals surface area contributed by atoms with Gasteiger partial charge in [-0.05, 0) is 18.2 Å². The quantitative estimate of drug-likeness (QED) is 0.681. The molecule has 3 nitrogen and oxygen atoms in total. The van der Waals surface area contributed by atoms with Crippen molar-refractivity contribution in [1.29, 1.82) is 5.26 Å². The fourth-order valence-electron chi connectivity index (χ4n) is 1.33. The second-order valence-corrected chi connectivity index (χ2v) is 2.85. The van der Waals surface area contributed by atoms with Crippen molar-refractivity contribution in [2.45, 2.75) is 0 Å². The lowest BCUT2D eigenvalue weighted by molar-refractivity contribution is 0.629. The van der Waals surface area contributed by atoms with Crippen molar-refractivity contribution < 1.29 is 4.39 Å². The summed E-state index contributed by atoms with van der Waals surface area (Å²) >= 11 is 0. The summed E-state index contributed by atoms with van der Waals surface area (Å²) in [7, 11) is 0. The third kappa shape index (κ3) is 1.25. The van der Waals surface area contributed by atoms with Crippen LogP contribution in [0.2, 0.25) is 0 Å². The predicted molar refractivity (Wildman–Crippen MR) is 49.2 cm³/mol. The van der Waals surface area contributed by atoms with E-state index in [1.807, 2.05) is 6.07 Å². The highest BCUT2D eigenvalue weighted by Crippen LogP contribution is 2.16. The smallest absolute Gasteiger partial charge is 0.248 e. The van der Waals surface area contributed by atoms with Crippen molar-refractivity contribution in [3.63, 3.8) is 0 Å². The summed E-state index contributed by atoms with van der Waals surface area (Å²) in [4.78, 5) is 13.4. The van der Waals surface area contributed by atoms with Crippen LogP contribution in [0.1, 0.15) is 5.56 Å². The Morgan fingerprint density at radius 3 is 2.86 bits per heavy atom. The minimum absolute atomic E-state index is 0.219. The molecule has 1 heterocycles. The summed E-state index contributed by atoms with van der Waals surface area (Å²) in [5.74, 6) is -0.532. The Bertz CT molecular complexity index is 595. The number of halogens is 1. The Morgan fingerprint density at radius 1 is 1.36 bits per heavy atom. The standard InChI is InChI=1S/C10H5FN2O/c11-7-3-6(5-12)8-1-2-10(14)13-9(8)4-7/h1-4H,(H,13,14). The van der Waals surface area contributed by atoms with E-state index in [4.69, 9.17) is 5.26 Å². The van der Waals surface area contributed by atoms with Crippen LogP contribution in [0.25, 0.3) is 10.9 Å². The minimum Gasteiger partial charge on any atom is -0.322 e. The van der Waals surface area contributed by atoms with Gasteiger partial charge >= 0.3 is 0 Å². The fraction of sp³-hybridized carbons (Fsp3) is 0. The molecule has 0 fully saturated rings. The maximum absolute atomic E-state index is 12.9. The molecule has 1 aromatic heterocycles. The number of nitrogens with one attached hydrogen (secondary N) is 1. The molecule has 1 N–H and O–H groups in total. The van der Waals surface area contributed by atoms with Gasteiger partial charge in [0.15, 0.2) is 0 Å². The van der Waals surface area contributed by atoms with E-state index < -0.39 is 5.82 Å². The Kier molecular flexibility index (Phi) is 1.79. The Balaban J connectivity index is 2.96. The number of hydrogen-bond acceptors (Lipinski definition) is 2. The molecule has 0 saturated heterocycles. The van der Waals surface area contributed by atoms with Crippen molar-refractivity contribution >= 4 is 10.9 Å². The van der Waals surface area contributed by atoms with E-state index in [1.165, 1.54) is 18.2 Å². The van der Waals surface area contributed by atoms with Crippen LogP contribution in [0.15, 0.2) is 29.1 Å². The molecule has 0 unspecified atom stereocenters. The number of nitrogens with zero attached hydrogens (tertiary/aromatic N) is 1. The van der Waals surface area contributed by atoms with Crippen molar-refractivity contribution in [2.75, 3.05) is 0 Å². The van der Waals surface area contributed by atoms with Gasteiger partial charge in [0.2, 0.25) is 5.56 Å². The maximum atomic E-state index is 12.9. The minimum atomic E-state index is -0.532. The number of fused-ring (bicyclic) bond motifs is 1. The van der Waals surface area contributed by atoms with E-state index in [1.54, 1.807) is 0 Å². The maximum Gasteiger partial charge on any atom is 0.248 e. The van der Waals surface area contributed by atoms with E-state index in [9.17, 15) is 9.18 Å². The first-order valence-electron chi connectivity index (χ1n) is 3.93. The summed E-state index contributed by atoms with van der Waals surface area (Å²) in [6, 6.07) is 7.01. The van der Waals surface area contributed by atoms with Crippen molar-refractivity contribution in [1.82, 2.24) is 4.98 Å². The molecular weight excluding hydrogens is 183 g/mol. The second kappa shape index (κ2) is 2.96. The number of H-pyrrole nitrogens is 1. The van der Waals surface area contributed by atoms with Gasteiger partial charge in [-0.2, -0.15) is 5.26 Å². The van der Waals surface area contributed by atoms with Gasteiger partial charge < -0.3 is 4.98 Å². The zero-order valence-corrected chi connectivity index (χ0v) is 7.04. The molecule has 4 heteroatoms. The highest BCUT2D eigenvalue weighted by atomic mass is 19.1. The predicted octanol–water partition coefficient (Wildman–Crippen LogP) is 1.54. The Labute approximate surface area is 78.4 Å². The monoisotopic (exact) mass is 188 g/mol. The fourth-order valence-corrected chi connectivity index (χ4v) is 1.33. The number of hydrogen-bond donors (Lipinski definition) is 1. The van der Waals surface area contributed by atoms with Crippen LogP contribution in [-0.2, 0) is 0 Å². The van der Waals surface area contributed by atoms with Gasteiger partial charge in [0.25, 0.3) is 0 Å². The second-order valence-electron chi connectivity index (χ2n) is 2.85. The van der Waals surface area contributed by atoms with Crippen LogP contribution < -0.4 is 5.56 Å². The molecule has 2 rings (SSSR count). The first kappa shape index (κ1) is 8.45. The summed E-state index contributed by atoms with van der Waals surface area (Å²) in [5.41, 5.74) is 0.247. The number of pyridine rings is 1. The van der Waals surface area contributed by atoms with Crippen molar-refractivity contribution in [2.24, 2.45) is 0 Å². The number of benzene rings is 1. The molecule has 0 aliphatic heterocycles. The topological polar surface area (TPSA) is 56.6 Å². The summed E-state index contributed by atoms with van der Waals surface area (Å²) in [6.45, 7) is 0. The molecule has 0 bridgehead atoms. The number of aromatic nitrogens is 1. The van der Waals surface area contributed by atoms with Gasteiger partial charge in [-0.3, -0.25) is 4.79 Å². The third-order valence-electron chi connectivity index (χ3n) is 1.92. The molecule has 0 aliphatic carbocycles. The first-order valence-corrected chi connectivity index (χ1v) is 3.93. The first-order chi connectivity index (χ1) is 6.70. The molecule has 0 amide bonds. The van der Waals surface area contributed by atoms with Crippen LogP contribution >= 0.6 is 0 Å². The van der Waals surface area contributed by atoms with Gasteiger partial charge in [-0.25, -0.2) is 4.39 Å². The highest BCUT2D eigenvalue weighted by Gasteiger charge is 2.03. The van der Waals surface area contributed by atoms with Crippen LogP contribution in [0.3, 0.4) is 0 Å². The highest BCUT2D eigenvalue weighted by molar-refractivity contribution is 5.84. The van der Waals surface area contributed by atoms with Crippen LogP contribution in [0.5, 0.6) is 0 Å². The Morgan fingerprint density at radius 2 is 2.14 bits per heavy atom. The molecule has 0 aliphatic rings. The van der Waals surface area contributed by atoms with E-state index in [-0.39, 0.29) is 11.1 Å².